The van der Waals surface area contributed by atoms with E-state index in [1.165, 1.54) is 23.3 Å². The van der Waals surface area contributed by atoms with Crippen molar-refractivity contribution in [3.63, 3.8) is 0 Å². The largest absolute Gasteiger partial charge is 0.465 e. The van der Waals surface area contributed by atoms with Crippen LogP contribution in [0.25, 0.3) is 63.7 Å². The van der Waals surface area contributed by atoms with Gasteiger partial charge in [0.15, 0.2) is 0 Å². The quantitative estimate of drug-likeness (QED) is 0.0387. The molecule has 22 heteroatoms. The minimum Gasteiger partial charge on any atom is -0.465 e. The van der Waals surface area contributed by atoms with Crippen molar-refractivity contribution in [2.45, 2.75) is 33.4 Å². The molecular formula is C101H86Br2N10O10. The number of benzene rings is 9. The summed E-state index contributed by atoms with van der Waals surface area (Å²) in [5.41, 5.74) is 11.1. The van der Waals surface area contributed by atoms with E-state index >= 15 is 0 Å². The fourth-order valence-corrected chi connectivity index (χ4v) is 14.2. The molecule has 9 aromatic carbocycles. The third-order valence-electron chi connectivity index (χ3n) is 19.4. The Hall–Kier alpha value is -14.8. The first-order valence-electron chi connectivity index (χ1n) is 39.6. The Kier molecular flexibility index (Phi) is 28.7. The second-order valence-corrected chi connectivity index (χ2v) is 30.2. The fourth-order valence-electron chi connectivity index (χ4n) is 13.5. The zero-order chi connectivity index (χ0) is 85.2. The summed E-state index contributed by atoms with van der Waals surface area (Å²) in [6.07, 6.45) is 19.8. The van der Waals surface area contributed by atoms with Gasteiger partial charge in [-0.05, 0) is 236 Å². The maximum absolute atomic E-state index is 12.7. The van der Waals surface area contributed by atoms with Gasteiger partial charge in [0.25, 0.3) is 5.91 Å². The molecule has 0 radical (unpaired) electrons. The fraction of sp³-hybridized carbons (Fsp3) is 0.0891. The van der Waals surface area contributed by atoms with Crippen LogP contribution in [-0.2, 0) is 25.7 Å². The highest BCUT2D eigenvalue weighted by molar-refractivity contribution is 9.10. The standard InChI is InChI=1S/C31H25N5O3.C25H26N2O2.C17H13NO2.C14H10BrNO2.C14H12BrNO/c1-22-19-29(33-30(37)17-16-24-13-8-18-38-24)36(34-22)31-32-27-14-5-6-15-28(27)35(31)21-23-9-7-12-26(20-23)39-25-10-3-2-4-11-25;1-20-12-13-23(29-20)14-15-24(28)26-16-18-27(19-17-26)25(21-8-4-2-5-9-21)22-10-6-3-7-11-22;19-17(10-9-16-6-3-11-20-16)18-15-8-7-13-4-1-2-5-14(13)12-15;1-8-2-4-10(18-8)7-12-11-6-9(15)3-5-13(11)16-14(12)17;1-11(4-9-14-3-2-10-17-14)16-13-7-5-12(15)6-8-13/h2-20H,21H2,1H3,(H,33,37);2-15,25H,16-19H2,1H3;1-12H,(H,18,19);2-7H,1H3,(H,16,17);2-10,16H,1H2/b17-16+;15-14+;10-9+;12-7-;9-4+. The number of nitrogens with one attached hydrogen (secondary N) is 4. The predicted molar refractivity (Wildman–Crippen MR) is 494 cm³/mol. The summed E-state index contributed by atoms with van der Waals surface area (Å²) in [4.78, 5) is 58.3. The molecule has 0 saturated carbocycles. The number of hydrogen-bond donors (Lipinski definition) is 4. The molecule has 20 nitrogen and oxygen atoms in total. The number of rotatable bonds is 21. The van der Waals surface area contributed by atoms with Crippen molar-refractivity contribution in [3.05, 3.63) is 424 Å². The van der Waals surface area contributed by atoms with Crippen LogP contribution in [0.3, 0.4) is 0 Å². The number of hydrogen-bond acceptors (Lipinski definition) is 14. The predicted octanol–water partition coefficient (Wildman–Crippen LogP) is 23.8. The molecule has 4 N–H and O–H groups in total. The first-order valence-corrected chi connectivity index (χ1v) is 41.2. The van der Waals surface area contributed by atoms with Crippen LogP contribution in [0.2, 0.25) is 0 Å². The summed E-state index contributed by atoms with van der Waals surface area (Å²) in [6.45, 7) is 13.2. The number of fused-ring (bicyclic) bond motifs is 3. The van der Waals surface area contributed by atoms with Gasteiger partial charge in [-0.2, -0.15) is 9.78 Å². The summed E-state index contributed by atoms with van der Waals surface area (Å²) < 4.78 is 38.4. The lowest BCUT2D eigenvalue weighted by Crippen LogP contribution is -2.49. The number of piperazine rings is 1. The number of anilines is 4. The molecule has 4 amide bonds. The Morgan fingerprint density at radius 3 is 1.72 bits per heavy atom. The van der Waals surface area contributed by atoms with Crippen LogP contribution < -0.4 is 26.0 Å². The van der Waals surface area contributed by atoms with Crippen LogP contribution in [-0.4, -0.2) is 78.9 Å². The zero-order valence-corrected chi connectivity index (χ0v) is 70.7. The minimum atomic E-state index is -0.305. The van der Waals surface area contributed by atoms with E-state index in [9.17, 15) is 19.2 Å². The lowest BCUT2D eigenvalue weighted by molar-refractivity contribution is -0.128. The number of aromatic nitrogens is 4. The Morgan fingerprint density at radius 2 is 1.08 bits per heavy atom. The summed E-state index contributed by atoms with van der Waals surface area (Å²) in [6, 6.07) is 94.7. The van der Waals surface area contributed by atoms with Crippen molar-refractivity contribution in [2.75, 3.05) is 47.4 Å². The number of carbonyl (C=O) groups excluding carboxylic acids is 4. The minimum absolute atomic E-state index is 0.0367. The Bertz CT molecular complexity index is 6360. The molecule has 0 bridgehead atoms. The molecule has 0 unspecified atom stereocenters. The highest BCUT2D eigenvalue weighted by Crippen LogP contribution is 2.36. The molecule has 123 heavy (non-hydrogen) atoms. The first-order chi connectivity index (χ1) is 60.0. The van der Waals surface area contributed by atoms with Gasteiger partial charge in [0.05, 0.1) is 53.7 Å². The molecule has 1 fully saturated rings. The van der Waals surface area contributed by atoms with Crippen molar-refractivity contribution >= 4 is 136 Å². The highest BCUT2D eigenvalue weighted by atomic mass is 79.9. The molecule has 0 aliphatic carbocycles. The second-order valence-electron chi connectivity index (χ2n) is 28.4. The van der Waals surface area contributed by atoms with Gasteiger partial charge in [0.2, 0.25) is 23.7 Å². The van der Waals surface area contributed by atoms with Crippen molar-refractivity contribution < 1.29 is 46.0 Å². The van der Waals surface area contributed by atoms with Crippen LogP contribution in [0.5, 0.6) is 11.5 Å². The van der Waals surface area contributed by atoms with E-state index in [2.05, 4.69) is 135 Å². The number of nitrogens with zero attached hydrogens (tertiary/aromatic N) is 6. The zero-order valence-electron chi connectivity index (χ0n) is 67.5. The Balaban J connectivity index is 0.000000130. The van der Waals surface area contributed by atoms with E-state index in [0.717, 1.165) is 125 Å². The van der Waals surface area contributed by atoms with Crippen LogP contribution >= 0.6 is 31.9 Å². The molecule has 0 atom stereocenters. The number of halogens is 2. The topological polar surface area (TPSA) is 233 Å². The van der Waals surface area contributed by atoms with Crippen LogP contribution in [0.1, 0.15) is 74.3 Å². The Morgan fingerprint density at radius 1 is 0.512 bits per heavy atom. The van der Waals surface area contributed by atoms with Gasteiger partial charge >= 0.3 is 0 Å². The number of ether oxygens (including phenoxy) is 1. The molecule has 614 valence electrons. The van der Waals surface area contributed by atoms with Gasteiger partial charge in [0, 0.05) is 87.7 Å². The number of furan rings is 5. The number of allylic oxidation sites excluding steroid dienone is 1. The van der Waals surface area contributed by atoms with Crippen molar-refractivity contribution in [3.8, 4) is 17.4 Å². The van der Waals surface area contributed by atoms with Gasteiger partial charge in [-0.1, -0.05) is 172 Å². The highest BCUT2D eigenvalue weighted by Gasteiger charge is 2.29. The molecule has 18 rings (SSSR count). The van der Waals surface area contributed by atoms with Crippen molar-refractivity contribution in [1.29, 1.82) is 0 Å². The third kappa shape index (κ3) is 24.0. The van der Waals surface area contributed by atoms with Gasteiger partial charge in [-0.3, -0.25) is 24.1 Å². The van der Waals surface area contributed by atoms with Gasteiger partial charge in [0.1, 0.15) is 57.6 Å². The average molecular weight is 1760 g/mol. The normalized spacial score (nSPS) is 12.8. The maximum Gasteiger partial charge on any atom is 0.256 e. The average Bonchev–Trinajstić information content (AvgIpc) is 1.60. The van der Waals surface area contributed by atoms with Gasteiger partial charge in [-0.15, -0.1) is 0 Å². The molecular weight excluding hydrogens is 1670 g/mol. The lowest BCUT2D eigenvalue weighted by atomic mass is 9.96. The van der Waals surface area contributed by atoms with E-state index in [1.54, 1.807) is 78.1 Å². The number of carbonyl (C=O) groups is 4. The van der Waals surface area contributed by atoms with E-state index < -0.39 is 0 Å². The van der Waals surface area contributed by atoms with Crippen LogP contribution in [0, 0.1) is 20.8 Å². The number of amides is 4. The maximum atomic E-state index is 12.7. The van der Waals surface area contributed by atoms with E-state index in [4.69, 9.17) is 31.8 Å². The number of para-hydroxylation sites is 3. The van der Waals surface area contributed by atoms with Crippen molar-refractivity contribution in [2.24, 2.45) is 0 Å². The molecule has 2 aliphatic rings. The molecule has 1 saturated heterocycles. The van der Waals surface area contributed by atoms with E-state index in [0.29, 0.717) is 46.9 Å². The Labute approximate surface area is 728 Å². The van der Waals surface area contributed by atoms with E-state index in [-0.39, 0.29) is 29.7 Å². The number of imidazole rings is 1. The van der Waals surface area contributed by atoms with E-state index in [1.807, 2.05) is 244 Å². The van der Waals surface area contributed by atoms with Gasteiger partial charge < -0.3 is 57.6 Å². The lowest BCUT2D eigenvalue weighted by Gasteiger charge is -2.39. The molecule has 2 aliphatic heterocycles. The summed E-state index contributed by atoms with van der Waals surface area (Å²) in [7, 11) is 0. The third-order valence-corrected chi connectivity index (χ3v) is 20.4. The van der Waals surface area contributed by atoms with Crippen LogP contribution in [0.4, 0.5) is 22.9 Å². The molecule has 7 aromatic heterocycles. The molecule has 16 aromatic rings. The molecule has 9 heterocycles. The SMILES string of the molecule is C=C(/C=C/c1ccco1)Nc1ccc(Br)cc1.Cc1cc(NC(=O)/C=C/c2ccco2)n(-c2nc3ccccc3n2Cc2cccc(Oc3ccccc3)c2)n1.Cc1ccc(/C=C/C(=O)N2CCN(C(c3ccccc3)c3ccccc3)CC2)o1.Cc1ccc(/C=C2\C(=O)Nc3ccc(Br)cc32)o1.O=C(/C=C/c1ccco1)Nc1ccc2ccccc2c1. The summed E-state index contributed by atoms with van der Waals surface area (Å²) >= 11 is 6.80. The first kappa shape index (κ1) is 84.6. The number of aryl methyl sites for hydroxylation is 3. The monoisotopic (exact) mass is 1760 g/mol. The van der Waals surface area contributed by atoms with Crippen LogP contribution in [0.15, 0.2) is 378 Å². The summed E-state index contributed by atoms with van der Waals surface area (Å²) in [5, 5.41) is 18.7. The smallest absolute Gasteiger partial charge is 0.256 e. The summed E-state index contributed by atoms with van der Waals surface area (Å²) in [5.74, 6) is 7.19. The second kappa shape index (κ2) is 41.7. The van der Waals surface area contributed by atoms with Crippen molar-refractivity contribution in [1.82, 2.24) is 29.1 Å². The van der Waals surface area contributed by atoms with Gasteiger partial charge in [-0.25, -0.2) is 4.98 Å². The molecule has 0 spiro atoms.